The standard InChI is InChI=1S/C16H26O2Si/c1-11-13-9-8-12(19(5,6)7)10-14(13)15(17-11)18-16(2,3)4/h8-11,15H,1-7H3. The van der Waals surface area contributed by atoms with Gasteiger partial charge in [0.1, 0.15) is 0 Å². The van der Waals surface area contributed by atoms with Crippen molar-refractivity contribution in [1.29, 1.82) is 0 Å². The second kappa shape index (κ2) is 4.72. The second-order valence-electron chi connectivity index (χ2n) is 7.43. The largest absolute Gasteiger partial charge is 0.343 e. The van der Waals surface area contributed by atoms with Gasteiger partial charge in [0.05, 0.1) is 19.8 Å². The molecule has 2 nitrogen and oxygen atoms in total. The van der Waals surface area contributed by atoms with E-state index in [4.69, 9.17) is 9.47 Å². The van der Waals surface area contributed by atoms with Crippen molar-refractivity contribution < 1.29 is 9.47 Å². The molecule has 1 heterocycles. The van der Waals surface area contributed by atoms with E-state index in [9.17, 15) is 0 Å². The number of benzene rings is 1. The molecule has 106 valence electrons. The maximum atomic E-state index is 6.06. The van der Waals surface area contributed by atoms with Crippen LogP contribution in [0.15, 0.2) is 18.2 Å². The number of fused-ring (bicyclic) bond motifs is 1. The predicted molar refractivity (Wildman–Crippen MR) is 82.5 cm³/mol. The fourth-order valence-electron chi connectivity index (χ4n) is 2.36. The van der Waals surface area contributed by atoms with E-state index < -0.39 is 8.07 Å². The van der Waals surface area contributed by atoms with Crippen molar-refractivity contribution in [3.8, 4) is 0 Å². The van der Waals surface area contributed by atoms with Crippen molar-refractivity contribution >= 4 is 13.3 Å². The Bertz CT molecular complexity index is 469. The number of hydrogen-bond acceptors (Lipinski definition) is 2. The van der Waals surface area contributed by atoms with E-state index in [0.717, 1.165) is 0 Å². The van der Waals surface area contributed by atoms with Crippen molar-refractivity contribution in [3.05, 3.63) is 29.3 Å². The van der Waals surface area contributed by atoms with Crippen LogP contribution in [0.3, 0.4) is 0 Å². The first-order chi connectivity index (χ1) is 8.58. The molecule has 0 saturated carbocycles. The summed E-state index contributed by atoms with van der Waals surface area (Å²) in [4.78, 5) is 0. The SMILES string of the molecule is CC1OC(OC(C)(C)C)c2cc([Si](C)(C)C)ccc21. The molecule has 0 saturated heterocycles. The molecule has 2 rings (SSSR count). The maximum absolute atomic E-state index is 6.06. The van der Waals surface area contributed by atoms with Crippen LogP contribution in [0.2, 0.25) is 19.6 Å². The molecule has 0 spiro atoms. The molecule has 0 aliphatic carbocycles. The summed E-state index contributed by atoms with van der Waals surface area (Å²) in [5.74, 6) is 0. The van der Waals surface area contributed by atoms with E-state index >= 15 is 0 Å². The highest BCUT2D eigenvalue weighted by Gasteiger charge is 2.33. The Morgan fingerprint density at radius 3 is 2.26 bits per heavy atom. The zero-order chi connectivity index (χ0) is 14.4. The van der Waals surface area contributed by atoms with Crippen LogP contribution < -0.4 is 5.19 Å². The summed E-state index contributed by atoms with van der Waals surface area (Å²) in [6.45, 7) is 15.4. The topological polar surface area (TPSA) is 18.5 Å². The molecule has 0 fully saturated rings. The minimum Gasteiger partial charge on any atom is -0.343 e. The molecule has 0 radical (unpaired) electrons. The average Bonchev–Trinajstić information content (AvgIpc) is 2.52. The third-order valence-corrected chi connectivity index (χ3v) is 5.48. The Morgan fingerprint density at radius 2 is 1.74 bits per heavy atom. The number of ether oxygens (including phenoxy) is 2. The third kappa shape index (κ3) is 3.27. The van der Waals surface area contributed by atoms with Crippen LogP contribution >= 0.6 is 0 Å². The second-order valence-corrected chi connectivity index (χ2v) is 12.5. The third-order valence-electron chi connectivity index (χ3n) is 3.43. The summed E-state index contributed by atoms with van der Waals surface area (Å²) < 4.78 is 12.0. The van der Waals surface area contributed by atoms with Gasteiger partial charge in [-0.15, -0.1) is 0 Å². The van der Waals surface area contributed by atoms with Gasteiger partial charge in [0.2, 0.25) is 0 Å². The van der Waals surface area contributed by atoms with Crippen LogP contribution in [0.5, 0.6) is 0 Å². The molecule has 1 aliphatic rings. The van der Waals surface area contributed by atoms with E-state index in [0.29, 0.717) is 0 Å². The molecule has 2 unspecified atom stereocenters. The lowest BCUT2D eigenvalue weighted by atomic mass is 10.1. The predicted octanol–water partition coefficient (Wildman–Crippen LogP) is 4.14. The summed E-state index contributed by atoms with van der Waals surface area (Å²) in [5, 5.41) is 1.46. The Morgan fingerprint density at radius 1 is 1.11 bits per heavy atom. The zero-order valence-electron chi connectivity index (χ0n) is 13.2. The fourth-order valence-corrected chi connectivity index (χ4v) is 3.53. The van der Waals surface area contributed by atoms with Gasteiger partial charge in [0.15, 0.2) is 6.29 Å². The normalized spacial score (nSPS) is 23.5. The van der Waals surface area contributed by atoms with Crippen molar-refractivity contribution in [3.63, 3.8) is 0 Å². The first-order valence-corrected chi connectivity index (χ1v) is 10.6. The Labute approximate surface area is 118 Å². The van der Waals surface area contributed by atoms with Crippen LogP contribution in [0.1, 0.15) is 51.2 Å². The average molecular weight is 278 g/mol. The van der Waals surface area contributed by atoms with E-state index in [1.807, 2.05) is 0 Å². The first-order valence-electron chi connectivity index (χ1n) is 7.05. The molecule has 19 heavy (non-hydrogen) atoms. The smallest absolute Gasteiger partial charge is 0.185 e. The molecule has 1 aromatic rings. The monoisotopic (exact) mass is 278 g/mol. The summed E-state index contributed by atoms with van der Waals surface area (Å²) in [6, 6.07) is 6.80. The fraction of sp³-hybridized carbons (Fsp3) is 0.625. The van der Waals surface area contributed by atoms with Gasteiger partial charge in [-0.25, -0.2) is 0 Å². The summed E-state index contributed by atoms with van der Waals surface area (Å²) in [5.41, 5.74) is 2.31. The van der Waals surface area contributed by atoms with Crippen LogP contribution in [0.25, 0.3) is 0 Å². The van der Waals surface area contributed by atoms with Gasteiger partial charge in [0, 0.05) is 5.56 Å². The van der Waals surface area contributed by atoms with Gasteiger partial charge in [-0.2, -0.15) is 0 Å². The van der Waals surface area contributed by atoms with Crippen molar-refractivity contribution in [1.82, 2.24) is 0 Å². The maximum Gasteiger partial charge on any atom is 0.185 e. The molecule has 0 aromatic heterocycles. The molecule has 0 bridgehead atoms. The number of hydrogen-bond donors (Lipinski definition) is 0. The van der Waals surface area contributed by atoms with Gasteiger partial charge in [-0.1, -0.05) is 43.0 Å². The van der Waals surface area contributed by atoms with Crippen molar-refractivity contribution in [2.24, 2.45) is 0 Å². The van der Waals surface area contributed by atoms with Gasteiger partial charge in [-0.05, 0) is 33.3 Å². The lowest BCUT2D eigenvalue weighted by Crippen LogP contribution is -2.38. The van der Waals surface area contributed by atoms with Crippen LogP contribution in [-0.4, -0.2) is 13.7 Å². The van der Waals surface area contributed by atoms with Crippen LogP contribution in [0.4, 0.5) is 0 Å². The van der Waals surface area contributed by atoms with E-state index in [2.05, 4.69) is 65.5 Å². The Hall–Kier alpha value is -0.643. The lowest BCUT2D eigenvalue weighted by Gasteiger charge is -2.25. The van der Waals surface area contributed by atoms with E-state index in [-0.39, 0.29) is 18.0 Å². The van der Waals surface area contributed by atoms with Crippen LogP contribution in [-0.2, 0) is 9.47 Å². The number of rotatable bonds is 2. The molecule has 2 atom stereocenters. The van der Waals surface area contributed by atoms with Gasteiger partial charge in [0.25, 0.3) is 0 Å². The molecule has 0 N–H and O–H groups in total. The van der Waals surface area contributed by atoms with Gasteiger partial charge in [-0.3, -0.25) is 0 Å². The van der Waals surface area contributed by atoms with E-state index in [1.165, 1.54) is 16.3 Å². The molecule has 1 aliphatic heterocycles. The molecular formula is C16H26O2Si. The van der Waals surface area contributed by atoms with Gasteiger partial charge >= 0.3 is 0 Å². The summed E-state index contributed by atoms with van der Waals surface area (Å²) in [7, 11) is -1.30. The molecule has 3 heteroatoms. The minimum atomic E-state index is -1.30. The molecule has 0 amide bonds. The quantitative estimate of drug-likeness (QED) is 0.757. The molecule has 1 aromatic carbocycles. The minimum absolute atomic E-state index is 0.123. The highest BCUT2D eigenvalue weighted by Crippen LogP contribution is 2.40. The molecular weight excluding hydrogens is 252 g/mol. The van der Waals surface area contributed by atoms with E-state index in [1.54, 1.807) is 0 Å². The Balaban J connectivity index is 2.38. The Kier molecular flexibility index (Phi) is 3.67. The van der Waals surface area contributed by atoms with Crippen molar-refractivity contribution in [2.45, 2.75) is 65.3 Å². The lowest BCUT2D eigenvalue weighted by molar-refractivity contribution is -0.205. The highest BCUT2D eigenvalue weighted by atomic mass is 28.3. The highest BCUT2D eigenvalue weighted by molar-refractivity contribution is 6.88. The zero-order valence-corrected chi connectivity index (χ0v) is 14.2. The summed E-state index contributed by atoms with van der Waals surface area (Å²) >= 11 is 0. The van der Waals surface area contributed by atoms with Crippen molar-refractivity contribution in [2.75, 3.05) is 0 Å². The first kappa shape index (κ1) is 14.8. The van der Waals surface area contributed by atoms with Crippen LogP contribution in [0, 0.1) is 0 Å². The van der Waals surface area contributed by atoms with Gasteiger partial charge < -0.3 is 9.47 Å². The summed E-state index contributed by atoms with van der Waals surface area (Å²) in [6.07, 6.45) is -0.0978.